The van der Waals surface area contributed by atoms with Gasteiger partial charge in [-0.05, 0) is 32.1 Å². The van der Waals surface area contributed by atoms with E-state index in [4.69, 9.17) is 0 Å². The van der Waals surface area contributed by atoms with E-state index in [0.29, 0.717) is 30.9 Å². The topological polar surface area (TPSA) is 50.2 Å². The van der Waals surface area contributed by atoms with Gasteiger partial charge in [-0.1, -0.05) is 13.8 Å². The smallest absolute Gasteiger partial charge is 0.367 e. The van der Waals surface area contributed by atoms with Crippen molar-refractivity contribution in [3.05, 3.63) is 11.8 Å². The lowest BCUT2D eigenvalue weighted by atomic mass is 10.0. The van der Waals surface area contributed by atoms with Crippen LogP contribution >= 0.6 is 0 Å². The Bertz CT molecular complexity index is 628. The van der Waals surface area contributed by atoms with E-state index in [1.165, 1.54) is 0 Å². The number of halogens is 3. The number of anilines is 1. The third kappa shape index (κ3) is 3.48. The van der Waals surface area contributed by atoms with Gasteiger partial charge in [-0.25, -0.2) is 4.68 Å². The van der Waals surface area contributed by atoms with Crippen molar-refractivity contribution in [3.8, 4) is 0 Å². The van der Waals surface area contributed by atoms with Gasteiger partial charge in [-0.3, -0.25) is 4.79 Å². The number of amides is 1. The van der Waals surface area contributed by atoms with E-state index in [1.54, 1.807) is 11.0 Å². The Balaban J connectivity index is 1.90. The summed E-state index contributed by atoms with van der Waals surface area (Å²) < 4.78 is 41.5. The number of fused-ring (bicyclic) bond motifs is 1. The summed E-state index contributed by atoms with van der Waals surface area (Å²) in [4.78, 5) is 14.1. The van der Waals surface area contributed by atoms with Crippen molar-refractivity contribution in [3.63, 3.8) is 0 Å². The minimum absolute atomic E-state index is 0.0166. The van der Waals surface area contributed by atoms with Gasteiger partial charge in [0.15, 0.2) is 6.04 Å². The monoisotopic (exact) mass is 358 g/mol. The summed E-state index contributed by atoms with van der Waals surface area (Å²) in [6, 6.07) is -0.343. The number of hydrogen-bond acceptors (Lipinski definition) is 3. The van der Waals surface area contributed by atoms with E-state index in [1.807, 2.05) is 13.8 Å². The van der Waals surface area contributed by atoms with Crippen molar-refractivity contribution in [2.24, 2.45) is 0 Å². The van der Waals surface area contributed by atoms with Crippen molar-refractivity contribution in [2.45, 2.75) is 76.7 Å². The van der Waals surface area contributed by atoms with E-state index in [0.717, 1.165) is 23.9 Å². The van der Waals surface area contributed by atoms with Crippen molar-refractivity contribution in [1.29, 1.82) is 0 Å². The van der Waals surface area contributed by atoms with Gasteiger partial charge >= 0.3 is 6.18 Å². The second kappa shape index (κ2) is 6.88. The molecule has 0 saturated carbocycles. The molecule has 1 aromatic heterocycles. The average molecular weight is 358 g/mol. The molecule has 0 spiro atoms. The number of nitrogens with zero attached hydrogens (tertiary/aromatic N) is 3. The molecule has 0 aliphatic carbocycles. The Morgan fingerprint density at radius 2 is 2.16 bits per heavy atom. The summed E-state index contributed by atoms with van der Waals surface area (Å²) in [5.41, 5.74) is 0.565. The van der Waals surface area contributed by atoms with Gasteiger partial charge < -0.3 is 10.2 Å². The molecule has 1 aromatic rings. The van der Waals surface area contributed by atoms with Crippen LogP contribution in [0.3, 0.4) is 0 Å². The Hall–Kier alpha value is -1.73. The second-order valence-electron chi connectivity index (χ2n) is 6.94. The van der Waals surface area contributed by atoms with Crippen LogP contribution < -0.4 is 5.32 Å². The van der Waals surface area contributed by atoms with E-state index in [2.05, 4.69) is 10.4 Å². The third-order valence-electron chi connectivity index (χ3n) is 5.16. The standard InChI is InChI=1S/C17H25F3N4O/c1-3-6-16(25)23-8-5-7-13(23)12-10-15-21-11(4-2)9-14(17(18,19)20)24(15)22-12/h10-11,13-14,21H,3-9H2,1-2H3/t11-,13-,14-/m1/s1. The summed E-state index contributed by atoms with van der Waals surface area (Å²) in [6.45, 7) is 4.47. The molecule has 2 aliphatic heterocycles. The quantitative estimate of drug-likeness (QED) is 0.884. The molecule has 3 rings (SSSR count). The predicted octanol–water partition coefficient (Wildman–Crippen LogP) is 4.04. The first kappa shape index (κ1) is 18.1. The lowest BCUT2D eigenvalue weighted by Crippen LogP contribution is -2.39. The molecule has 0 unspecified atom stereocenters. The van der Waals surface area contributed by atoms with E-state index >= 15 is 0 Å². The van der Waals surface area contributed by atoms with Gasteiger partial charge in [0, 0.05) is 25.1 Å². The number of hydrogen-bond donors (Lipinski definition) is 1. The maximum atomic E-state index is 13.5. The zero-order valence-corrected chi connectivity index (χ0v) is 14.6. The molecule has 3 heterocycles. The predicted molar refractivity (Wildman–Crippen MR) is 88.2 cm³/mol. The number of rotatable bonds is 4. The average Bonchev–Trinajstić information content (AvgIpc) is 3.19. The van der Waals surface area contributed by atoms with Crippen molar-refractivity contribution in [1.82, 2.24) is 14.7 Å². The first-order valence-corrected chi connectivity index (χ1v) is 9.07. The highest BCUT2D eigenvalue weighted by Crippen LogP contribution is 2.42. The molecular weight excluding hydrogens is 333 g/mol. The molecule has 0 bridgehead atoms. The number of carbonyl (C=O) groups is 1. The van der Waals surface area contributed by atoms with Crippen LogP contribution in [-0.2, 0) is 4.79 Å². The minimum atomic E-state index is -4.33. The first-order valence-electron chi connectivity index (χ1n) is 9.07. The maximum absolute atomic E-state index is 13.5. The molecule has 1 fully saturated rings. The molecule has 5 nitrogen and oxygen atoms in total. The molecule has 25 heavy (non-hydrogen) atoms. The largest absolute Gasteiger partial charge is 0.410 e. The number of aromatic nitrogens is 2. The van der Waals surface area contributed by atoms with Crippen LogP contribution in [0.4, 0.5) is 19.0 Å². The van der Waals surface area contributed by atoms with Crippen LogP contribution in [0.5, 0.6) is 0 Å². The summed E-state index contributed by atoms with van der Waals surface area (Å²) in [5.74, 6) is 0.466. The van der Waals surface area contributed by atoms with Gasteiger partial charge in [-0.2, -0.15) is 18.3 Å². The number of nitrogens with one attached hydrogen (secondary N) is 1. The second-order valence-corrected chi connectivity index (χ2v) is 6.94. The van der Waals surface area contributed by atoms with E-state index in [-0.39, 0.29) is 24.4 Å². The molecule has 1 N–H and O–H groups in total. The van der Waals surface area contributed by atoms with Crippen LogP contribution in [0, 0.1) is 0 Å². The Morgan fingerprint density at radius 1 is 1.40 bits per heavy atom. The summed E-state index contributed by atoms with van der Waals surface area (Å²) >= 11 is 0. The van der Waals surface area contributed by atoms with Crippen molar-refractivity contribution < 1.29 is 18.0 Å². The van der Waals surface area contributed by atoms with E-state index < -0.39 is 12.2 Å². The molecule has 2 aliphatic rings. The number of carbonyl (C=O) groups excluding carboxylic acids is 1. The highest BCUT2D eigenvalue weighted by Gasteiger charge is 2.46. The molecule has 3 atom stereocenters. The Labute approximate surface area is 145 Å². The van der Waals surface area contributed by atoms with Gasteiger partial charge in [0.25, 0.3) is 0 Å². The van der Waals surface area contributed by atoms with Gasteiger partial charge in [-0.15, -0.1) is 0 Å². The highest BCUT2D eigenvalue weighted by molar-refractivity contribution is 5.77. The zero-order chi connectivity index (χ0) is 18.2. The Morgan fingerprint density at radius 3 is 2.80 bits per heavy atom. The first-order chi connectivity index (χ1) is 11.8. The Kier molecular flexibility index (Phi) is 4.97. The van der Waals surface area contributed by atoms with Gasteiger partial charge in [0.1, 0.15) is 5.82 Å². The molecule has 8 heteroatoms. The summed E-state index contributed by atoms with van der Waals surface area (Å²) in [6.07, 6.45) is -0.894. The molecule has 0 aromatic carbocycles. The summed E-state index contributed by atoms with van der Waals surface area (Å²) in [5, 5.41) is 7.44. The lowest BCUT2D eigenvalue weighted by molar-refractivity contribution is -0.173. The number of alkyl halides is 3. The minimum Gasteiger partial charge on any atom is -0.367 e. The fraction of sp³-hybridized carbons (Fsp3) is 0.765. The lowest BCUT2D eigenvalue weighted by Gasteiger charge is -2.32. The van der Waals surface area contributed by atoms with Crippen LogP contribution in [-0.4, -0.2) is 39.4 Å². The van der Waals surface area contributed by atoms with E-state index in [9.17, 15) is 18.0 Å². The van der Waals surface area contributed by atoms with Crippen LogP contribution in [0.15, 0.2) is 6.07 Å². The van der Waals surface area contributed by atoms with Crippen molar-refractivity contribution in [2.75, 3.05) is 11.9 Å². The molecule has 1 amide bonds. The number of likely N-dealkylation sites (tertiary alicyclic amines) is 1. The maximum Gasteiger partial charge on any atom is 0.410 e. The van der Waals surface area contributed by atoms with Crippen LogP contribution in [0.2, 0.25) is 0 Å². The summed E-state index contributed by atoms with van der Waals surface area (Å²) in [7, 11) is 0. The highest BCUT2D eigenvalue weighted by atomic mass is 19.4. The third-order valence-corrected chi connectivity index (χ3v) is 5.16. The molecule has 140 valence electrons. The van der Waals surface area contributed by atoms with Crippen LogP contribution in [0.1, 0.15) is 70.2 Å². The molecule has 0 radical (unpaired) electrons. The SMILES string of the molecule is CCCC(=O)N1CCC[C@@H]1c1cc2n(n1)[C@@H](C(F)(F)F)C[C@@H](CC)N2. The zero-order valence-electron chi connectivity index (χ0n) is 14.6. The van der Waals surface area contributed by atoms with Crippen molar-refractivity contribution >= 4 is 11.7 Å². The normalized spacial score (nSPS) is 26.4. The van der Waals surface area contributed by atoms with Crippen LogP contribution in [0.25, 0.3) is 0 Å². The molecular formula is C17H25F3N4O. The fourth-order valence-corrected chi connectivity index (χ4v) is 3.83. The van der Waals surface area contributed by atoms with Gasteiger partial charge in [0.05, 0.1) is 11.7 Å². The molecule has 1 saturated heterocycles. The van der Waals surface area contributed by atoms with Gasteiger partial charge in [0.2, 0.25) is 5.91 Å². The fourth-order valence-electron chi connectivity index (χ4n) is 3.83.